The van der Waals surface area contributed by atoms with Gasteiger partial charge in [-0.25, -0.2) is 0 Å². The van der Waals surface area contributed by atoms with E-state index in [2.05, 4.69) is 44.9 Å². The maximum atomic E-state index is 12.9. The maximum Gasteiger partial charge on any atom is 0.256 e. The van der Waals surface area contributed by atoms with Gasteiger partial charge in [0.2, 0.25) is 5.43 Å². The van der Waals surface area contributed by atoms with E-state index < -0.39 is 0 Å². The third-order valence-electron chi connectivity index (χ3n) is 5.52. The first-order valence-corrected chi connectivity index (χ1v) is 10.2. The number of hydrogen-bond donors (Lipinski definition) is 1. The van der Waals surface area contributed by atoms with Gasteiger partial charge in [-0.1, -0.05) is 27.6 Å². The fourth-order valence-corrected chi connectivity index (χ4v) is 4.69. The minimum atomic E-state index is -0.266. The molecule has 1 aromatic carbocycles. The summed E-state index contributed by atoms with van der Waals surface area (Å²) in [4.78, 5) is 25.6. The van der Waals surface area contributed by atoms with Crippen molar-refractivity contribution in [3.8, 4) is 0 Å². The summed E-state index contributed by atoms with van der Waals surface area (Å²) in [5.74, 6) is -0.266. The molecule has 1 aliphatic carbocycles. The van der Waals surface area contributed by atoms with Gasteiger partial charge in [0.1, 0.15) is 5.56 Å². The Kier molecular flexibility index (Phi) is 4.74. The van der Waals surface area contributed by atoms with E-state index in [0.29, 0.717) is 11.9 Å². The molecule has 4 nitrogen and oxygen atoms in total. The highest BCUT2D eigenvalue weighted by atomic mass is 79.9. The van der Waals surface area contributed by atoms with E-state index in [4.69, 9.17) is 0 Å². The molecule has 2 aromatic rings. The van der Waals surface area contributed by atoms with Crippen LogP contribution in [0.5, 0.6) is 0 Å². The van der Waals surface area contributed by atoms with Crippen molar-refractivity contribution in [2.24, 2.45) is 0 Å². The number of carbonyl (C=O) groups is 1. The molecule has 136 valence electrons. The molecule has 5 heteroatoms. The van der Waals surface area contributed by atoms with Crippen LogP contribution in [0.1, 0.15) is 61.0 Å². The number of allylic oxidation sites excluding steroid dienone is 1. The lowest BCUT2D eigenvalue weighted by Crippen LogP contribution is -2.30. The topological polar surface area (TPSA) is 51.1 Å². The van der Waals surface area contributed by atoms with Crippen LogP contribution in [0.25, 0.3) is 10.9 Å². The number of halogens is 1. The van der Waals surface area contributed by atoms with Gasteiger partial charge in [0, 0.05) is 28.6 Å². The molecule has 1 N–H and O–H groups in total. The SMILES string of the molecule is CC1Cc2cc(Br)cc3c(=O)c(C(=O)NCCC4=CCCCC4)cn1c23. The molecule has 1 atom stereocenters. The van der Waals surface area contributed by atoms with E-state index in [1.165, 1.54) is 18.4 Å². The van der Waals surface area contributed by atoms with Gasteiger partial charge in [0.15, 0.2) is 0 Å². The first kappa shape index (κ1) is 17.5. The zero-order chi connectivity index (χ0) is 18.3. The van der Waals surface area contributed by atoms with Crippen molar-refractivity contribution in [3.63, 3.8) is 0 Å². The fraction of sp³-hybridized carbons (Fsp3) is 0.429. The van der Waals surface area contributed by atoms with E-state index in [1.54, 1.807) is 6.20 Å². The Hall–Kier alpha value is -1.88. The van der Waals surface area contributed by atoms with Crippen LogP contribution in [0.3, 0.4) is 0 Å². The summed E-state index contributed by atoms with van der Waals surface area (Å²) in [7, 11) is 0. The van der Waals surface area contributed by atoms with Crippen LogP contribution >= 0.6 is 15.9 Å². The van der Waals surface area contributed by atoms with E-state index in [1.807, 2.05) is 6.07 Å². The minimum absolute atomic E-state index is 0.178. The number of nitrogens with zero attached hydrogens (tertiary/aromatic N) is 1. The van der Waals surface area contributed by atoms with E-state index >= 15 is 0 Å². The molecule has 2 heterocycles. The number of amides is 1. The van der Waals surface area contributed by atoms with Gasteiger partial charge in [-0.15, -0.1) is 0 Å². The van der Waals surface area contributed by atoms with Crippen molar-refractivity contribution >= 4 is 32.7 Å². The number of nitrogens with one attached hydrogen (secondary N) is 1. The molecule has 0 spiro atoms. The van der Waals surface area contributed by atoms with Crippen LogP contribution in [0.4, 0.5) is 0 Å². The summed E-state index contributed by atoms with van der Waals surface area (Å²) >= 11 is 3.49. The first-order chi connectivity index (χ1) is 12.5. The number of carbonyl (C=O) groups excluding carboxylic acids is 1. The molecule has 0 saturated carbocycles. The summed E-state index contributed by atoms with van der Waals surface area (Å²) in [6.45, 7) is 2.70. The molecular formula is C21H23BrN2O2. The molecule has 26 heavy (non-hydrogen) atoms. The van der Waals surface area contributed by atoms with Gasteiger partial charge in [0.05, 0.1) is 5.52 Å². The summed E-state index contributed by atoms with van der Waals surface area (Å²) in [6, 6.07) is 4.15. The Morgan fingerprint density at radius 2 is 2.19 bits per heavy atom. The van der Waals surface area contributed by atoms with Crippen LogP contribution in [-0.2, 0) is 6.42 Å². The van der Waals surface area contributed by atoms with Gasteiger partial charge in [-0.2, -0.15) is 0 Å². The van der Waals surface area contributed by atoms with Gasteiger partial charge in [-0.3, -0.25) is 9.59 Å². The summed E-state index contributed by atoms with van der Waals surface area (Å²) in [5, 5.41) is 3.57. The van der Waals surface area contributed by atoms with E-state index in [9.17, 15) is 9.59 Å². The lowest BCUT2D eigenvalue weighted by atomic mass is 9.97. The predicted octanol–water partition coefficient (Wildman–Crippen LogP) is 4.50. The summed E-state index contributed by atoms with van der Waals surface area (Å²) < 4.78 is 2.97. The minimum Gasteiger partial charge on any atom is -0.352 e. The third-order valence-corrected chi connectivity index (χ3v) is 5.98. The van der Waals surface area contributed by atoms with Crippen LogP contribution < -0.4 is 10.7 Å². The van der Waals surface area contributed by atoms with Crippen LogP contribution in [0.2, 0.25) is 0 Å². The Bertz CT molecular complexity index is 974. The van der Waals surface area contributed by atoms with Crippen molar-refractivity contribution in [2.75, 3.05) is 6.54 Å². The highest BCUT2D eigenvalue weighted by molar-refractivity contribution is 9.10. The predicted molar refractivity (Wildman–Crippen MR) is 108 cm³/mol. The Labute approximate surface area is 161 Å². The molecule has 0 radical (unpaired) electrons. The average molecular weight is 415 g/mol. The zero-order valence-electron chi connectivity index (χ0n) is 15.0. The van der Waals surface area contributed by atoms with Gasteiger partial charge < -0.3 is 9.88 Å². The standard InChI is InChI=1S/C21H23BrN2O2/c1-13-9-15-10-16(22)11-17-19(15)24(13)12-18(20(17)25)21(26)23-8-7-14-5-3-2-4-6-14/h5,10-13H,2-4,6-9H2,1H3,(H,23,26). The van der Waals surface area contributed by atoms with Gasteiger partial charge in [0.25, 0.3) is 5.91 Å². The second-order valence-electron chi connectivity index (χ2n) is 7.41. The molecule has 1 aliphatic heterocycles. The second-order valence-corrected chi connectivity index (χ2v) is 8.32. The summed E-state index contributed by atoms with van der Waals surface area (Å²) in [6.07, 6.45) is 10.6. The van der Waals surface area contributed by atoms with Crippen molar-refractivity contribution < 1.29 is 4.79 Å². The lowest BCUT2D eigenvalue weighted by Gasteiger charge is -2.14. The summed E-state index contributed by atoms with van der Waals surface area (Å²) in [5.41, 5.74) is 3.62. The maximum absolute atomic E-state index is 12.9. The second kappa shape index (κ2) is 7.03. The third kappa shape index (κ3) is 3.13. The van der Waals surface area contributed by atoms with Gasteiger partial charge in [-0.05, 0) is 63.1 Å². The number of aromatic nitrogens is 1. The molecular weight excluding hydrogens is 392 g/mol. The van der Waals surface area contributed by atoms with Crippen LogP contribution in [-0.4, -0.2) is 17.0 Å². The van der Waals surface area contributed by atoms with Crippen LogP contribution in [0.15, 0.2) is 39.2 Å². The number of rotatable bonds is 4. The van der Waals surface area contributed by atoms with Gasteiger partial charge >= 0.3 is 0 Å². The molecule has 0 saturated heterocycles. The molecule has 4 rings (SSSR count). The Balaban J connectivity index is 1.61. The lowest BCUT2D eigenvalue weighted by molar-refractivity contribution is 0.0952. The molecule has 1 aromatic heterocycles. The molecule has 2 aliphatic rings. The van der Waals surface area contributed by atoms with Crippen molar-refractivity contribution in [1.82, 2.24) is 9.88 Å². The Morgan fingerprint density at radius 1 is 1.35 bits per heavy atom. The Morgan fingerprint density at radius 3 is 2.96 bits per heavy atom. The molecule has 0 bridgehead atoms. The average Bonchev–Trinajstić information content (AvgIpc) is 2.94. The largest absolute Gasteiger partial charge is 0.352 e. The molecule has 0 fully saturated rings. The number of hydrogen-bond acceptors (Lipinski definition) is 2. The van der Waals surface area contributed by atoms with Crippen molar-refractivity contribution in [2.45, 2.75) is 51.5 Å². The van der Waals surface area contributed by atoms with Crippen molar-refractivity contribution in [3.05, 3.63) is 55.8 Å². The van der Waals surface area contributed by atoms with Crippen LogP contribution in [0, 0.1) is 0 Å². The highest BCUT2D eigenvalue weighted by Crippen LogP contribution is 2.33. The fourth-order valence-electron chi connectivity index (χ4n) is 4.19. The smallest absolute Gasteiger partial charge is 0.256 e. The molecule has 1 amide bonds. The number of benzene rings is 1. The first-order valence-electron chi connectivity index (χ1n) is 9.38. The monoisotopic (exact) mass is 414 g/mol. The van der Waals surface area contributed by atoms with E-state index in [-0.39, 0.29) is 22.9 Å². The van der Waals surface area contributed by atoms with E-state index in [0.717, 1.165) is 41.2 Å². The quantitative estimate of drug-likeness (QED) is 0.748. The van der Waals surface area contributed by atoms with Crippen molar-refractivity contribution in [1.29, 1.82) is 0 Å². The normalized spacial score (nSPS) is 18.8. The molecule has 1 unspecified atom stereocenters. The number of pyridine rings is 1. The highest BCUT2D eigenvalue weighted by Gasteiger charge is 2.25. The zero-order valence-corrected chi connectivity index (χ0v) is 16.6.